The number of halogens is 1. The number of carboxylic acid groups (broad SMARTS) is 1. The van der Waals surface area contributed by atoms with Gasteiger partial charge >= 0.3 is 5.97 Å². The van der Waals surface area contributed by atoms with Crippen LogP contribution in [0.5, 0.6) is 5.88 Å². The molecule has 0 aliphatic rings. The van der Waals surface area contributed by atoms with Crippen LogP contribution < -0.4 is 4.74 Å². The number of aromatic amines is 1. The van der Waals surface area contributed by atoms with Crippen LogP contribution in [0, 0.1) is 0 Å². The molecule has 1 unspecified atom stereocenters. The highest BCUT2D eigenvalue weighted by Gasteiger charge is 2.17. The minimum atomic E-state index is -1.05. The van der Waals surface area contributed by atoms with Crippen molar-refractivity contribution in [2.75, 3.05) is 0 Å². The monoisotopic (exact) mass is 343 g/mol. The van der Waals surface area contributed by atoms with Crippen LogP contribution in [0.2, 0.25) is 5.02 Å². The van der Waals surface area contributed by atoms with Crippen molar-refractivity contribution in [3.05, 3.63) is 65.3 Å². The number of aromatic nitrogens is 3. The van der Waals surface area contributed by atoms with E-state index in [1.165, 1.54) is 12.3 Å². The Bertz CT molecular complexity index is 848. The molecule has 0 fully saturated rings. The largest absolute Gasteiger partial charge is 0.478 e. The second-order valence-corrected chi connectivity index (χ2v) is 5.56. The first-order valence-electron chi connectivity index (χ1n) is 7.20. The van der Waals surface area contributed by atoms with Gasteiger partial charge in [-0.05, 0) is 30.7 Å². The Morgan fingerprint density at radius 2 is 2.04 bits per heavy atom. The first-order valence-corrected chi connectivity index (χ1v) is 7.57. The van der Waals surface area contributed by atoms with E-state index in [1.54, 1.807) is 36.7 Å². The van der Waals surface area contributed by atoms with Gasteiger partial charge in [-0.15, -0.1) is 0 Å². The molecule has 0 saturated heterocycles. The Kier molecular flexibility index (Phi) is 4.48. The summed E-state index contributed by atoms with van der Waals surface area (Å²) >= 11 is 5.92. The third-order valence-electron chi connectivity index (χ3n) is 3.45. The summed E-state index contributed by atoms with van der Waals surface area (Å²) in [6.45, 7) is 1.83. The molecule has 0 spiro atoms. The molecule has 0 bridgehead atoms. The van der Waals surface area contributed by atoms with Crippen LogP contribution in [0.1, 0.15) is 29.2 Å². The number of benzene rings is 1. The minimum Gasteiger partial charge on any atom is -0.478 e. The van der Waals surface area contributed by atoms with Crippen molar-refractivity contribution in [1.82, 2.24) is 15.0 Å². The van der Waals surface area contributed by atoms with Crippen molar-refractivity contribution >= 4 is 17.6 Å². The van der Waals surface area contributed by atoms with Crippen LogP contribution in [-0.2, 0) is 0 Å². The molecule has 3 rings (SSSR count). The van der Waals surface area contributed by atoms with E-state index in [0.717, 1.165) is 5.56 Å². The van der Waals surface area contributed by atoms with Crippen molar-refractivity contribution in [2.24, 2.45) is 0 Å². The number of hydrogen-bond donors (Lipinski definition) is 2. The smallest absolute Gasteiger partial charge is 0.337 e. The topological polar surface area (TPSA) is 88.1 Å². The highest BCUT2D eigenvalue weighted by molar-refractivity contribution is 6.30. The van der Waals surface area contributed by atoms with Crippen molar-refractivity contribution < 1.29 is 14.6 Å². The van der Waals surface area contributed by atoms with Gasteiger partial charge in [0.1, 0.15) is 5.82 Å². The zero-order valence-corrected chi connectivity index (χ0v) is 13.5. The van der Waals surface area contributed by atoms with Gasteiger partial charge in [0, 0.05) is 29.2 Å². The lowest BCUT2D eigenvalue weighted by Gasteiger charge is -2.15. The molecule has 2 aromatic heterocycles. The molecule has 0 aliphatic carbocycles. The number of pyridine rings is 1. The van der Waals surface area contributed by atoms with E-state index in [1.807, 2.05) is 6.92 Å². The molecule has 7 heteroatoms. The van der Waals surface area contributed by atoms with E-state index < -0.39 is 5.97 Å². The number of carbonyl (C=O) groups is 1. The summed E-state index contributed by atoms with van der Waals surface area (Å²) in [5.74, 6) is -0.0734. The summed E-state index contributed by atoms with van der Waals surface area (Å²) in [6, 6.07) is 8.56. The van der Waals surface area contributed by atoms with Gasteiger partial charge in [-0.1, -0.05) is 23.7 Å². The quantitative estimate of drug-likeness (QED) is 0.732. The molecule has 1 atom stereocenters. The normalized spacial score (nSPS) is 11.9. The predicted molar refractivity (Wildman–Crippen MR) is 89.3 cm³/mol. The van der Waals surface area contributed by atoms with Crippen LogP contribution in [0.3, 0.4) is 0 Å². The van der Waals surface area contributed by atoms with Crippen LogP contribution in [0.4, 0.5) is 0 Å². The molecule has 1 aromatic carbocycles. The van der Waals surface area contributed by atoms with Gasteiger partial charge < -0.3 is 14.8 Å². The third kappa shape index (κ3) is 3.38. The fourth-order valence-corrected chi connectivity index (χ4v) is 2.35. The maximum absolute atomic E-state index is 11.2. The Labute approximate surface area is 143 Å². The van der Waals surface area contributed by atoms with Gasteiger partial charge in [-0.25, -0.2) is 14.8 Å². The molecule has 2 N–H and O–H groups in total. The summed E-state index contributed by atoms with van der Waals surface area (Å²) in [5, 5.41) is 9.80. The van der Waals surface area contributed by atoms with E-state index >= 15 is 0 Å². The molecule has 0 amide bonds. The molecule has 6 nitrogen and oxygen atoms in total. The molecule has 3 aromatic rings. The van der Waals surface area contributed by atoms with Gasteiger partial charge in [0.15, 0.2) is 6.10 Å². The maximum atomic E-state index is 11.2. The first-order chi connectivity index (χ1) is 11.5. The number of imidazole rings is 1. The zero-order chi connectivity index (χ0) is 17.1. The highest BCUT2D eigenvalue weighted by Crippen LogP contribution is 2.32. The van der Waals surface area contributed by atoms with Gasteiger partial charge in [0.2, 0.25) is 5.88 Å². The number of H-pyrrole nitrogens is 1. The number of rotatable bonds is 5. The number of carboxylic acids is 1. The second-order valence-electron chi connectivity index (χ2n) is 5.12. The molecular formula is C17H14ClN3O3. The minimum absolute atomic E-state index is 0.0814. The van der Waals surface area contributed by atoms with Crippen LogP contribution in [-0.4, -0.2) is 26.0 Å². The summed E-state index contributed by atoms with van der Waals surface area (Å²) < 4.78 is 5.88. The lowest BCUT2D eigenvalue weighted by molar-refractivity contribution is 0.0696. The average Bonchev–Trinajstić information content (AvgIpc) is 3.10. The molecule has 0 radical (unpaired) electrons. The summed E-state index contributed by atoms with van der Waals surface area (Å²) in [6.07, 6.45) is 4.24. The fraction of sp³-hybridized carbons (Fsp3) is 0.118. The number of nitrogens with zero attached hydrogens (tertiary/aromatic N) is 2. The van der Waals surface area contributed by atoms with E-state index in [0.29, 0.717) is 22.3 Å². The molecule has 24 heavy (non-hydrogen) atoms. The van der Waals surface area contributed by atoms with Crippen molar-refractivity contribution in [1.29, 1.82) is 0 Å². The van der Waals surface area contributed by atoms with Crippen molar-refractivity contribution in [2.45, 2.75) is 13.0 Å². The van der Waals surface area contributed by atoms with E-state index in [9.17, 15) is 9.90 Å². The second kappa shape index (κ2) is 6.72. The average molecular weight is 344 g/mol. The Balaban J connectivity index is 2.01. The van der Waals surface area contributed by atoms with Crippen LogP contribution in [0.25, 0.3) is 11.1 Å². The number of nitrogens with one attached hydrogen (secondary N) is 1. The Morgan fingerprint density at radius 3 is 2.67 bits per heavy atom. The Morgan fingerprint density at radius 1 is 1.29 bits per heavy atom. The van der Waals surface area contributed by atoms with E-state index in [2.05, 4.69) is 15.0 Å². The molecule has 0 aliphatic heterocycles. The summed E-state index contributed by atoms with van der Waals surface area (Å²) in [7, 11) is 0. The van der Waals surface area contributed by atoms with Gasteiger partial charge in [0.25, 0.3) is 0 Å². The maximum Gasteiger partial charge on any atom is 0.337 e. The fourth-order valence-electron chi connectivity index (χ4n) is 2.22. The van der Waals surface area contributed by atoms with Crippen molar-refractivity contribution in [3.63, 3.8) is 0 Å². The molecular weight excluding hydrogens is 330 g/mol. The molecule has 122 valence electrons. The summed E-state index contributed by atoms with van der Waals surface area (Å²) in [5.41, 5.74) is 1.42. The zero-order valence-electron chi connectivity index (χ0n) is 12.7. The molecule has 0 saturated carbocycles. The number of aromatic carboxylic acids is 1. The third-order valence-corrected chi connectivity index (χ3v) is 3.70. The summed E-state index contributed by atoms with van der Waals surface area (Å²) in [4.78, 5) is 22.5. The van der Waals surface area contributed by atoms with Crippen LogP contribution >= 0.6 is 11.6 Å². The highest BCUT2D eigenvalue weighted by atomic mass is 35.5. The van der Waals surface area contributed by atoms with Crippen molar-refractivity contribution in [3.8, 4) is 17.0 Å². The number of ether oxygens (including phenoxy) is 1. The van der Waals surface area contributed by atoms with Gasteiger partial charge in [0.05, 0.1) is 5.56 Å². The molecule has 2 heterocycles. The van der Waals surface area contributed by atoms with E-state index in [4.69, 9.17) is 16.3 Å². The van der Waals surface area contributed by atoms with E-state index in [-0.39, 0.29) is 11.7 Å². The Hall–Kier alpha value is -2.86. The lowest BCUT2D eigenvalue weighted by Crippen LogP contribution is -2.08. The predicted octanol–water partition coefficient (Wildman–Crippen LogP) is 3.96. The lowest BCUT2D eigenvalue weighted by atomic mass is 10.1. The number of hydrogen-bond acceptors (Lipinski definition) is 4. The van der Waals surface area contributed by atoms with Gasteiger partial charge in [-0.2, -0.15) is 0 Å². The van der Waals surface area contributed by atoms with Gasteiger partial charge in [-0.3, -0.25) is 0 Å². The first kappa shape index (κ1) is 16.0. The SMILES string of the molecule is CC(Oc1ncc(C(=O)O)cc1-c1ccc(Cl)cc1)c1ncc[nH]1. The van der Waals surface area contributed by atoms with Crippen LogP contribution in [0.15, 0.2) is 48.9 Å². The standard InChI is InChI=1S/C17H14ClN3O3/c1-10(15-19-6-7-20-15)24-16-14(8-12(9-21-16)17(22)23)11-2-4-13(18)5-3-11/h2-10H,1H3,(H,19,20)(H,22,23).